The van der Waals surface area contributed by atoms with Gasteiger partial charge in [0, 0.05) is 6.04 Å². The second kappa shape index (κ2) is 5.65. The van der Waals surface area contributed by atoms with Gasteiger partial charge in [-0.15, -0.1) is 0 Å². The summed E-state index contributed by atoms with van der Waals surface area (Å²) in [5.74, 6) is 0.892. The van der Waals surface area contributed by atoms with Gasteiger partial charge in [-0.25, -0.2) is 4.98 Å². The molecule has 1 fully saturated rings. The van der Waals surface area contributed by atoms with Crippen LogP contribution in [0.25, 0.3) is 0 Å². The van der Waals surface area contributed by atoms with Gasteiger partial charge in [0.15, 0.2) is 0 Å². The van der Waals surface area contributed by atoms with Gasteiger partial charge in [0.2, 0.25) is 5.89 Å². The maximum atomic E-state index is 5.67. The summed E-state index contributed by atoms with van der Waals surface area (Å²) >= 11 is 0. The molecule has 1 N–H and O–H groups in total. The summed E-state index contributed by atoms with van der Waals surface area (Å²) in [5, 5.41) is 3.19. The van der Waals surface area contributed by atoms with Crippen molar-refractivity contribution in [3.05, 3.63) is 17.8 Å². The Hall–Kier alpha value is -0.870. The van der Waals surface area contributed by atoms with E-state index in [1.54, 1.807) is 6.26 Å². The topological polar surface area (TPSA) is 41.3 Å². The van der Waals surface area contributed by atoms with Gasteiger partial charge in [0.05, 0.1) is 11.7 Å². The first-order valence-electron chi connectivity index (χ1n) is 6.63. The molecular weight excluding hydrogens is 214 g/mol. The Bertz CT molecular complexity index is 350. The first kappa shape index (κ1) is 12.6. The van der Waals surface area contributed by atoms with Crippen LogP contribution in [0, 0.1) is 0 Å². The van der Waals surface area contributed by atoms with Crippen molar-refractivity contribution < 1.29 is 4.42 Å². The van der Waals surface area contributed by atoms with E-state index in [2.05, 4.69) is 29.0 Å². The van der Waals surface area contributed by atoms with Crippen molar-refractivity contribution in [2.75, 3.05) is 20.1 Å². The highest BCUT2D eigenvalue weighted by Crippen LogP contribution is 2.30. The third-order valence-corrected chi connectivity index (χ3v) is 3.72. The molecule has 4 heteroatoms. The summed E-state index contributed by atoms with van der Waals surface area (Å²) < 4.78 is 5.67. The fourth-order valence-corrected chi connectivity index (χ4v) is 2.45. The van der Waals surface area contributed by atoms with Crippen molar-refractivity contribution in [3.8, 4) is 0 Å². The highest BCUT2D eigenvalue weighted by molar-refractivity contribution is 5.05. The van der Waals surface area contributed by atoms with Crippen LogP contribution in [0.15, 0.2) is 10.7 Å². The lowest BCUT2D eigenvalue weighted by Crippen LogP contribution is -2.33. The molecule has 2 rings (SSSR count). The molecule has 2 heterocycles. The summed E-state index contributed by atoms with van der Waals surface area (Å²) in [6.07, 6.45) is 5.53. The van der Waals surface area contributed by atoms with Crippen molar-refractivity contribution in [1.82, 2.24) is 15.2 Å². The summed E-state index contributed by atoms with van der Waals surface area (Å²) in [6, 6.07) is 0.637. The van der Waals surface area contributed by atoms with E-state index in [0.717, 1.165) is 18.1 Å². The van der Waals surface area contributed by atoms with E-state index in [0.29, 0.717) is 6.04 Å². The molecule has 1 aliphatic heterocycles. The number of likely N-dealkylation sites (tertiary alicyclic amines) is 1. The van der Waals surface area contributed by atoms with Crippen LogP contribution < -0.4 is 5.32 Å². The van der Waals surface area contributed by atoms with E-state index < -0.39 is 0 Å². The molecule has 1 saturated heterocycles. The van der Waals surface area contributed by atoms with Crippen LogP contribution in [0.4, 0.5) is 0 Å². The van der Waals surface area contributed by atoms with E-state index >= 15 is 0 Å². The molecule has 2 atom stereocenters. The van der Waals surface area contributed by atoms with Crippen molar-refractivity contribution >= 4 is 0 Å². The summed E-state index contributed by atoms with van der Waals surface area (Å²) in [5.41, 5.74) is 1.00. The first-order valence-corrected chi connectivity index (χ1v) is 6.63. The molecule has 0 amide bonds. The summed E-state index contributed by atoms with van der Waals surface area (Å²) in [4.78, 5) is 7.09. The molecule has 1 aromatic heterocycles. The zero-order valence-corrected chi connectivity index (χ0v) is 11.1. The van der Waals surface area contributed by atoms with Crippen LogP contribution in [-0.4, -0.2) is 30.0 Å². The van der Waals surface area contributed by atoms with E-state index in [4.69, 9.17) is 4.42 Å². The van der Waals surface area contributed by atoms with E-state index in [1.807, 2.05) is 7.05 Å². The van der Waals surface area contributed by atoms with E-state index in [-0.39, 0.29) is 6.04 Å². The van der Waals surface area contributed by atoms with Gasteiger partial charge in [-0.1, -0.05) is 13.3 Å². The summed E-state index contributed by atoms with van der Waals surface area (Å²) in [7, 11) is 1.94. The minimum absolute atomic E-state index is 0.256. The molecule has 17 heavy (non-hydrogen) atoms. The minimum atomic E-state index is 0.256. The molecule has 4 nitrogen and oxygen atoms in total. The molecule has 1 aliphatic rings. The summed E-state index contributed by atoms with van der Waals surface area (Å²) in [6.45, 7) is 6.54. The number of hydrogen-bond acceptors (Lipinski definition) is 4. The third-order valence-electron chi connectivity index (χ3n) is 3.72. The second-order valence-electron chi connectivity index (χ2n) is 4.76. The predicted octanol–water partition coefficient (Wildman–Crippen LogP) is 2.50. The van der Waals surface area contributed by atoms with Gasteiger partial charge < -0.3 is 9.73 Å². The number of piperidine rings is 1. The molecular formula is C13H23N3O. The second-order valence-corrected chi connectivity index (χ2v) is 4.76. The molecule has 2 unspecified atom stereocenters. The number of aromatic nitrogens is 1. The van der Waals surface area contributed by atoms with Gasteiger partial charge in [-0.05, 0) is 39.9 Å². The SMILES string of the molecule is CCN1CCCCC1c1nc(C(C)NC)co1. The van der Waals surface area contributed by atoms with Crippen LogP contribution in [0.1, 0.15) is 56.8 Å². The number of rotatable bonds is 4. The Morgan fingerprint density at radius 1 is 1.59 bits per heavy atom. The zero-order chi connectivity index (χ0) is 12.3. The quantitative estimate of drug-likeness (QED) is 0.873. The van der Waals surface area contributed by atoms with Crippen molar-refractivity contribution in [2.45, 2.75) is 45.2 Å². The van der Waals surface area contributed by atoms with Crippen LogP contribution in [0.3, 0.4) is 0 Å². The molecule has 0 bridgehead atoms. The molecule has 0 aliphatic carbocycles. The largest absolute Gasteiger partial charge is 0.447 e. The maximum absolute atomic E-state index is 5.67. The van der Waals surface area contributed by atoms with Crippen molar-refractivity contribution in [3.63, 3.8) is 0 Å². The number of nitrogens with one attached hydrogen (secondary N) is 1. The zero-order valence-electron chi connectivity index (χ0n) is 11.1. The molecule has 0 spiro atoms. The molecule has 96 valence electrons. The minimum Gasteiger partial charge on any atom is -0.447 e. The lowest BCUT2D eigenvalue weighted by molar-refractivity contribution is 0.133. The highest BCUT2D eigenvalue weighted by Gasteiger charge is 2.27. The first-order chi connectivity index (χ1) is 8.26. The molecule has 0 saturated carbocycles. The Morgan fingerprint density at radius 2 is 2.41 bits per heavy atom. The Kier molecular flexibility index (Phi) is 4.18. The van der Waals surface area contributed by atoms with Crippen LogP contribution in [0.5, 0.6) is 0 Å². The lowest BCUT2D eigenvalue weighted by Gasteiger charge is -2.32. The number of nitrogens with zero attached hydrogens (tertiary/aromatic N) is 2. The van der Waals surface area contributed by atoms with Crippen molar-refractivity contribution in [2.24, 2.45) is 0 Å². The average molecular weight is 237 g/mol. The normalized spacial score (nSPS) is 23.8. The van der Waals surface area contributed by atoms with Gasteiger partial charge in [0.1, 0.15) is 6.26 Å². The maximum Gasteiger partial charge on any atom is 0.211 e. The van der Waals surface area contributed by atoms with E-state index in [9.17, 15) is 0 Å². The van der Waals surface area contributed by atoms with Gasteiger partial charge in [-0.2, -0.15) is 0 Å². The molecule has 0 aromatic carbocycles. The highest BCUT2D eigenvalue weighted by atomic mass is 16.3. The van der Waals surface area contributed by atoms with Crippen LogP contribution >= 0.6 is 0 Å². The Morgan fingerprint density at radius 3 is 3.12 bits per heavy atom. The number of hydrogen-bond donors (Lipinski definition) is 1. The fraction of sp³-hybridized carbons (Fsp3) is 0.769. The smallest absolute Gasteiger partial charge is 0.211 e. The van der Waals surface area contributed by atoms with Gasteiger partial charge in [0.25, 0.3) is 0 Å². The monoisotopic (exact) mass is 237 g/mol. The lowest BCUT2D eigenvalue weighted by atomic mass is 10.0. The Labute approximate surface area is 103 Å². The molecule has 1 aromatic rings. The standard InChI is InChI=1S/C13H23N3O/c1-4-16-8-6-5-7-12(16)13-15-11(9-17-13)10(2)14-3/h9-10,12,14H,4-8H2,1-3H3. The van der Waals surface area contributed by atoms with E-state index in [1.165, 1.54) is 25.8 Å². The van der Waals surface area contributed by atoms with Gasteiger partial charge in [-0.3, -0.25) is 4.90 Å². The van der Waals surface area contributed by atoms with Crippen molar-refractivity contribution in [1.29, 1.82) is 0 Å². The van der Waals surface area contributed by atoms with Crippen LogP contribution in [0.2, 0.25) is 0 Å². The average Bonchev–Trinajstić information content (AvgIpc) is 2.87. The fourth-order valence-electron chi connectivity index (χ4n) is 2.45. The Balaban J connectivity index is 2.12. The van der Waals surface area contributed by atoms with Crippen LogP contribution in [-0.2, 0) is 0 Å². The molecule has 0 radical (unpaired) electrons. The van der Waals surface area contributed by atoms with Gasteiger partial charge >= 0.3 is 0 Å². The number of oxazole rings is 1. The predicted molar refractivity (Wildman–Crippen MR) is 67.8 cm³/mol. The third kappa shape index (κ3) is 2.69.